The minimum atomic E-state index is -0.845. The van der Waals surface area contributed by atoms with E-state index in [1.807, 2.05) is 26.8 Å². The van der Waals surface area contributed by atoms with Gasteiger partial charge in [-0.3, -0.25) is 9.59 Å². The van der Waals surface area contributed by atoms with E-state index in [9.17, 15) is 14.7 Å². The predicted octanol–water partition coefficient (Wildman–Crippen LogP) is 3.80. The lowest BCUT2D eigenvalue weighted by Crippen LogP contribution is -2.38. The molecule has 2 heterocycles. The van der Waals surface area contributed by atoms with Gasteiger partial charge in [-0.2, -0.15) is 0 Å². The molecule has 2 aliphatic rings. The first-order valence-electron chi connectivity index (χ1n) is 12.9. The fraction of sp³-hybridized carbons (Fsp3) is 0.448. The Balaban J connectivity index is 1.87. The number of likely N-dealkylation sites (N-methyl/N-ethyl adjacent to an activating group) is 1. The lowest BCUT2D eigenvalue weighted by Gasteiger charge is -2.29. The first-order chi connectivity index (χ1) is 18.3. The van der Waals surface area contributed by atoms with Crippen LogP contribution in [0.3, 0.4) is 0 Å². The van der Waals surface area contributed by atoms with Crippen molar-refractivity contribution in [1.29, 1.82) is 0 Å². The van der Waals surface area contributed by atoms with Gasteiger partial charge in [-0.25, -0.2) is 0 Å². The second-order valence-corrected chi connectivity index (χ2v) is 9.43. The number of Topliss-reactive ketones (excluding diaryl/α,β-unsaturated/α-hetero) is 1. The van der Waals surface area contributed by atoms with Crippen LogP contribution < -0.4 is 18.9 Å². The zero-order valence-corrected chi connectivity index (χ0v) is 22.9. The van der Waals surface area contributed by atoms with Crippen LogP contribution in [0.15, 0.2) is 35.9 Å². The van der Waals surface area contributed by atoms with E-state index in [0.29, 0.717) is 47.9 Å². The van der Waals surface area contributed by atoms with E-state index >= 15 is 0 Å². The lowest BCUT2D eigenvalue weighted by molar-refractivity contribution is -0.140. The first kappa shape index (κ1) is 27.3. The van der Waals surface area contributed by atoms with Gasteiger partial charge in [0.2, 0.25) is 5.75 Å². The molecule has 2 aliphatic heterocycles. The predicted molar refractivity (Wildman–Crippen MR) is 143 cm³/mol. The number of nitrogens with zero attached hydrogens (tertiary/aromatic N) is 2. The number of aliphatic hydroxyl groups is 1. The normalized spacial score (nSPS) is 20.0. The van der Waals surface area contributed by atoms with Crippen molar-refractivity contribution in [2.75, 3.05) is 47.5 Å². The molecular weight excluding hydrogens is 488 g/mol. The Morgan fingerprint density at radius 1 is 1.05 bits per heavy atom. The van der Waals surface area contributed by atoms with Gasteiger partial charge in [0.25, 0.3) is 11.7 Å². The Bertz CT molecular complexity index is 1230. The molecule has 0 spiro atoms. The fourth-order valence-electron chi connectivity index (χ4n) is 5.23. The number of carbonyl (C=O) groups excluding carboxylic acids is 2. The van der Waals surface area contributed by atoms with Crippen LogP contribution in [0.4, 0.5) is 0 Å². The third-order valence-electron chi connectivity index (χ3n) is 7.26. The quantitative estimate of drug-likeness (QED) is 0.285. The largest absolute Gasteiger partial charge is 0.507 e. The maximum atomic E-state index is 13.5. The van der Waals surface area contributed by atoms with Gasteiger partial charge in [-0.05, 0) is 61.5 Å². The molecule has 4 rings (SSSR count). The van der Waals surface area contributed by atoms with Crippen molar-refractivity contribution in [1.82, 2.24) is 9.80 Å². The molecule has 0 bridgehead atoms. The van der Waals surface area contributed by atoms with Gasteiger partial charge in [0, 0.05) is 25.1 Å². The Morgan fingerprint density at radius 2 is 1.71 bits per heavy atom. The number of hydrogen-bond acceptors (Lipinski definition) is 8. The Morgan fingerprint density at radius 3 is 2.29 bits per heavy atom. The Labute approximate surface area is 223 Å². The highest BCUT2D eigenvalue weighted by molar-refractivity contribution is 6.46. The summed E-state index contributed by atoms with van der Waals surface area (Å²) in [5.74, 6) is 0.317. The number of hydrogen-bond donors (Lipinski definition) is 1. The van der Waals surface area contributed by atoms with Crippen LogP contribution in [0, 0.1) is 0 Å². The second-order valence-electron chi connectivity index (χ2n) is 9.43. The topological polar surface area (TPSA) is 97.8 Å². The molecule has 1 amide bonds. The molecule has 2 atom stereocenters. The number of ether oxygens (including phenoxy) is 4. The summed E-state index contributed by atoms with van der Waals surface area (Å²) in [4.78, 5) is 30.6. The zero-order valence-electron chi connectivity index (χ0n) is 22.9. The Kier molecular flexibility index (Phi) is 8.16. The van der Waals surface area contributed by atoms with Gasteiger partial charge in [0.15, 0.2) is 11.5 Å². The van der Waals surface area contributed by atoms with E-state index in [-0.39, 0.29) is 17.4 Å². The van der Waals surface area contributed by atoms with Crippen molar-refractivity contribution < 1.29 is 33.6 Å². The number of fused-ring (bicyclic) bond motifs is 1. The van der Waals surface area contributed by atoms with Crippen molar-refractivity contribution in [2.45, 2.75) is 39.3 Å². The molecule has 38 heavy (non-hydrogen) atoms. The summed E-state index contributed by atoms with van der Waals surface area (Å²) < 4.78 is 22.4. The van der Waals surface area contributed by atoms with Gasteiger partial charge in [0.1, 0.15) is 17.6 Å². The highest BCUT2D eigenvalue weighted by atomic mass is 16.5. The monoisotopic (exact) mass is 524 g/mol. The molecule has 2 aromatic carbocycles. The van der Waals surface area contributed by atoms with Crippen LogP contribution in [-0.4, -0.2) is 80.2 Å². The standard InChI is InChI=1S/C29H36N2O7/c1-7-30(8-2)11-12-31-25(20-15-22(35-4)28(37-6)23(16-20)36-5)24(27(33)29(31)34)26(32)18-9-10-21-19(14-18)13-17(3)38-21/h9-10,14-17,25,32H,7-8,11-13H2,1-6H3/b26-24+. The number of amides is 1. The smallest absolute Gasteiger partial charge is 0.295 e. The lowest BCUT2D eigenvalue weighted by atomic mass is 9.94. The summed E-state index contributed by atoms with van der Waals surface area (Å²) in [6, 6.07) is 7.91. The summed E-state index contributed by atoms with van der Waals surface area (Å²) in [5, 5.41) is 11.5. The van der Waals surface area contributed by atoms with E-state index in [2.05, 4.69) is 4.90 Å². The fourth-order valence-corrected chi connectivity index (χ4v) is 5.23. The molecule has 0 saturated carbocycles. The first-order valence-corrected chi connectivity index (χ1v) is 12.9. The number of likely N-dealkylation sites (tertiary alicyclic amines) is 1. The van der Waals surface area contributed by atoms with Crippen molar-refractivity contribution >= 4 is 17.4 Å². The maximum Gasteiger partial charge on any atom is 0.295 e. The van der Waals surface area contributed by atoms with E-state index in [1.165, 1.54) is 26.2 Å². The third-order valence-corrected chi connectivity index (χ3v) is 7.26. The number of rotatable bonds is 10. The van der Waals surface area contributed by atoms with Crippen molar-refractivity contribution in [2.24, 2.45) is 0 Å². The summed E-state index contributed by atoms with van der Waals surface area (Å²) in [5.41, 5.74) is 2.00. The van der Waals surface area contributed by atoms with Gasteiger partial charge in [-0.1, -0.05) is 13.8 Å². The van der Waals surface area contributed by atoms with E-state index in [1.54, 1.807) is 24.3 Å². The van der Waals surface area contributed by atoms with Crippen molar-refractivity contribution in [3.8, 4) is 23.0 Å². The van der Waals surface area contributed by atoms with E-state index in [4.69, 9.17) is 18.9 Å². The molecule has 2 aromatic rings. The number of carbonyl (C=O) groups is 2. The number of methoxy groups -OCH3 is 3. The SMILES string of the molecule is CCN(CC)CCN1C(=O)C(=O)/C(=C(/O)c2ccc3c(c2)CC(C)O3)C1c1cc(OC)c(OC)c(OC)c1. The highest BCUT2D eigenvalue weighted by Gasteiger charge is 2.46. The van der Waals surface area contributed by atoms with Gasteiger partial charge in [0.05, 0.1) is 32.9 Å². The van der Waals surface area contributed by atoms with Gasteiger partial charge >= 0.3 is 0 Å². The molecule has 2 unspecified atom stereocenters. The highest BCUT2D eigenvalue weighted by Crippen LogP contribution is 2.46. The van der Waals surface area contributed by atoms with Gasteiger partial charge < -0.3 is 33.9 Å². The van der Waals surface area contributed by atoms with Gasteiger partial charge in [-0.15, -0.1) is 0 Å². The molecular formula is C29H36N2O7. The van der Waals surface area contributed by atoms with Crippen molar-refractivity contribution in [3.63, 3.8) is 0 Å². The molecule has 1 N–H and O–H groups in total. The molecule has 204 valence electrons. The second kappa shape index (κ2) is 11.3. The van der Waals surface area contributed by atoms with Crippen LogP contribution in [0.5, 0.6) is 23.0 Å². The Hall–Kier alpha value is -3.72. The zero-order chi connectivity index (χ0) is 27.6. The maximum absolute atomic E-state index is 13.5. The summed E-state index contributed by atoms with van der Waals surface area (Å²) in [7, 11) is 4.52. The average molecular weight is 525 g/mol. The average Bonchev–Trinajstić information content (AvgIpc) is 3.43. The molecule has 9 heteroatoms. The van der Waals surface area contributed by atoms with Crippen LogP contribution >= 0.6 is 0 Å². The van der Waals surface area contributed by atoms with E-state index in [0.717, 1.165) is 24.4 Å². The summed E-state index contributed by atoms with van der Waals surface area (Å²) in [6.45, 7) is 8.58. The minimum Gasteiger partial charge on any atom is -0.507 e. The van der Waals surface area contributed by atoms with Crippen LogP contribution in [-0.2, 0) is 16.0 Å². The van der Waals surface area contributed by atoms with Crippen LogP contribution in [0.1, 0.15) is 43.5 Å². The van der Waals surface area contributed by atoms with Crippen LogP contribution in [0.25, 0.3) is 5.76 Å². The van der Waals surface area contributed by atoms with Crippen LogP contribution in [0.2, 0.25) is 0 Å². The molecule has 0 aromatic heterocycles. The molecule has 1 fully saturated rings. The number of benzene rings is 2. The number of ketones is 1. The number of aliphatic hydroxyl groups excluding tert-OH is 1. The summed E-state index contributed by atoms with van der Waals surface area (Å²) in [6.07, 6.45) is 0.734. The molecule has 9 nitrogen and oxygen atoms in total. The summed E-state index contributed by atoms with van der Waals surface area (Å²) >= 11 is 0. The van der Waals surface area contributed by atoms with E-state index < -0.39 is 17.7 Å². The third kappa shape index (κ3) is 4.90. The molecule has 1 saturated heterocycles. The molecule has 0 aliphatic carbocycles. The minimum absolute atomic E-state index is 0.0238. The van der Waals surface area contributed by atoms with Crippen molar-refractivity contribution in [3.05, 3.63) is 52.6 Å². The molecule has 0 radical (unpaired) electrons.